The monoisotopic (exact) mass is 463 g/mol. The van der Waals surface area contributed by atoms with Crippen LogP contribution in [-0.4, -0.2) is 52.7 Å². The molecular weight excluding hydrogens is 437 g/mol. The molecule has 0 spiro atoms. The van der Waals surface area contributed by atoms with Gasteiger partial charge in [-0.05, 0) is 67.7 Å². The van der Waals surface area contributed by atoms with Crippen LogP contribution in [0.1, 0.15) is 55.7 Å². The second-order valence-corrected chi connectivity index (χ2v) is 9.69. The predicted molar refractivity (Wildman–Crippen MR) is 126 cm³/mol. The van der Waals surface area contributed by atoms with Crippen LogP contribution in [0.3, 0.4) is 0 Å². The van der Waals surface area contributed by atoms with Gasteiger partial charge in [0.05, 0.1) is 11.6 Å². The van der Waals surface area contributed by atoms with Crippen LogP contribution in [0, 0.1) is 5.82 Å². The molecule has 3 aromatic rings. The Morgan fingerprint density at radius 1 is 1.00 bits per heavy atom. The van der Waals surface area contributed by atoms with E-state index in [9.17, 15) is 14.0 Å². The van der Waals surface area contributed by atoms with Crippen molar-refractivity contribution in [3.8, 4) is 0 Å². The maximum Gasteiger partial charge on any atom is 0.273 e. The van der Waals surface area contributed by atoms with E-state index in [0.717, 1.165) is 43.9 Å². The minimum atomic E-state index is -0.334. The molecule has 1 fully saturated rings. The third-order valence-corrected chi connectivity index (χ3v) is 7.64. The Labute approximate surface area is 196 Å². The first-order chi connectivity index (χ1) is 16.1. The molecule has 33 heavy (non-hydrogen) atoms. The van der Waals surface area contributed by atoms with Crippen molar-refractivity contribution >= 4 is 23.0 Å². The fourth-order valence-corrected chi connectivity index (χ4v) is 5.64. The molecule has 0 saturated carbocycles. The third-order valence-electron chi connectivity index (χ3n) is 6.63. The number of ketones is 1. The zero-order valence-electron chi connectivity index (χ0n) is 18.4. The molecule has 0 bridgehead atoms. The predicted octanol–water partition coefficient (Wildman–Crippen LogP) is 4.54. The number of aromatic nitrogens is 1. The SMILES string of the molecule is O=C(CN1CCC(c2nc(C(=O)N3CCc4ccccc4C3)cs2)CC1)c1ccc(F)cc1. The number of hydrogen-bond donors (Lipinski definition) is 0. The van der Waals surface area contributed by atoms with E-state index in [-0.39, 0.29) is 17.5 Å². The lowest BCUT2D eigenvalue weighted by Crippen LogP contribution is -2.37. The van der Waals surface area contributed by atoms with E-state index >= 15 is 0 Å². The normalized spacial score (nSPS) is 17.1. The van der Waals surface area contributed by atoms with Crippen LogP contribution < -0.4 is 0 Å². The summed E-state index contributed by atoms with van der Waals surface area (Å²) in [4.78, 5) is 34.3. The molecule has 2 aromatic carbocycles. The van der Waals surface area contributed by atoms with Crippen molar-refractivity contribution in [3.05, 3.63) is 87.1 Å². The van der Waals surface area contributed by atoms with Crippen LogP contribution in [0.4, 0.5) is 4.39 Å². The van der Waals surface area contributed by atoms with Crippen molar-refractivity contribution in [3.63, 3.8) is 0 Å². The molecular formula is C26H26FN3O2S. The van der Waals surface area contributed by atoms with Crippen LogP contribution in [0.5, 0.6) is 0 Å². The van der Waals surface area contributed by atoms with Crippen LogP contribution in [-0.2, 0) is 13.0 Å². The fourth-order valence-electron chi connectivity index (χ4n) is 4.67. The van der Waals surface area contributed by atoms with E-state index in [0.29, 0.717) is 30.3 Å². The number of benzene rings is 2. The van der Waals surface area contributed by atoms with E-state index in [2.05, 4.69) is 17.0 Å². The first-order valence-electron chi connectivity index (χ1n) is 11.4. The minimum Gasteiger partial charge on any atom is -0.333 e. The van der Waals surface area contributed by atoms with E-state index in [1.807, 2.05) is 22.4 Å². The van der Waals surface area contributed by atoms with Crippen molar-refractivity contribution in [2.24, 2.45) is 0 Å². The molecule has 2 aliphatic rings. The van der Waals surface area contributed by atoms with Crippen LogP contribution >= 0.6 is 11.3 Å². The van der Waals surface area contributed by atoms with Gasteiger partial charge in [-0.15, -0.1) is 11.3 Å². The van der Waals surface area contributed by atoms with Gasteiger partial charge in [0, 0.05) is 30.0 Å². The minimum absolute atomic E-state index is 0.00864. The summed E-state index contributed by atoms with van der Waals surface area (Å²) in [6, 6.07) is 14.0. The van der Waals surface area contributed by atoms with Gasteiger partial charge in [-0.25, -0.2) is 9.37 Å². The fraction of sp³-hybridized carbons (Fsp3) is 0.346. The first kappa shape index (κ1) is 21.9. The molecule has 2 aliphatic heterocycles. The summed E-state index contributed by atoms with van der Waals surface area (Å²) in [6.45, 7) is 3.33. The Morgan fingerprint density at radius 3 is 2.48 bits per heavy atom. The average Bonchev–Trinajstić information content (AvgIpc) is 3.34. The highest BCUT2D eigenvalue weighted by Crippen LogP contribution is 2.31. The van der Waals surface area contributed by atoms with Gasteiger partial charge in [-0.2, -0.15) is 0 Å². The smallest absolute Gasteiger partial charge is 0.273 e. The molecule has 1 saturated heterocycles. The van der Waals surface area contributed by atoms with Crippen molar-refractivity contribution in [1.82, 2.24) is 14.8 Å². The Morgan fingerprint density at radius 2 is 1.73 bits per heavy atom. The second-order valence-electron chi connectivity index (χ2n) is 8.80. The van der Waals surface area contributed by atoms with Gasteiger partial charge in [0.25, 0.3) is 5.91 Å². The van der Waals surface area contributed by atoms with E-state index < -0.39 is 0 Å². The number of fused-ring (bicyclic) bond motifs is 1. The Balaban J connectivity index is 1.15. The quantitative estimate of drug-likeness (QED) is 0.521. The maximum absolute atomic E-state index is 13.1. The molecule has 0 atom stereocenters. The number of nitrogens with zero attached hydrogens (tertiary/aromatic N) is 3. The number of carbonyl (C=O) groups excluding carboxylic acids is 2. The summed E-state index contributed by atoms with van der Waals surface area (Å²) in [5.41, 5.74) is 3.63. The second kappa shape index (κ2) is 9.53. The molecule has 5 nitrogen and oxygen atoms in total. The summed E-state index contributed by atoms with van der Waals surface area (Å²) in [5.74, 6) is 0.00240. The number of carbonyl (C=O) groups is 2. The Hall–Kier alpha value is -2.90. The van der Waals surface area contributed by atoms with Crippen molar-refractivity contribution < 1.29 is 14.0 Å². The van der Waals surface area contributed by atoms with Crippen molar-refractivity contribution in [2.45, 2.75) is 31.7 Å². The average molecular weight is 464 g/mol. The number of piperidine rings is 1. The standard InChI is InChI=1S/C26H26FN3O2S/c27-22-7-5-19(6-8-22)24(31)16-29-12-9-20(10-13-29)25-28-23(17-33-25)26(32)30-14-11-18-3-1-2-4-21(18)15-30/h1-8,17,20H,9-16H2. The number of amides is 1. The molecule has 0 aliphatic carbocycles. The van der Waals surface area contributed by atoms with Gasteiger partial charge in [-0.3, -0.25) is 14.5 Å². The highest BCUT2D eigenvalue weighted by atomic mass is 32.1. The number of halogens is 1. The lowest BCUT2D eigenvalue weighted by Gasteiger charge is -2.30. The number of hydrogen-bond acceptors (Lipinski definition) is 5. The molecule has 1 amide bonds. The van der Waals surface area contributed by atoms with Crippen molar-refractivity contribution in [1.29, 1.82) is 0 Å². The topological polar surface area (TPSA) is 53.5 Å². The largest absolute Gasteiger partial charge is 0.333 e. The van der Waals surface area contributed by atoms with Crippen LogP contribution in [0.2, 0.25) is 0 Å². The Bertz CT molecular complexity index is 1150. The molecule has 170 valence electrons. The summed E-state index contributed by atoms with van der Waals surface area (Å²) < 4.78 is 13.1. The maximum atomic E-state index is 13.1. The third kappa shape index (κ3) is 4.89. The van der Waals surface area contributed by atoms with Gasteiger partial charge < -0.3 is 4.90 Å². The lowest BCUT2D eigenvalue weighted by atomic mass is 9.97. The molecule has 0 unspecified atom stereocenters. The summed E-state index contributed by atoms with van der Waals surface area (Å²) in [6.07, 6.45) is 2.71. The number of thiazole rings is 1. The summed E-state index contributed by atoms with van der Waals surface area (Å²) in [5, 5.41) is 2.91. The highest BCUT2D eigenvalue weighted by molar-refractivity contribution is 7.09. The van der Waals surface area contributed by atoms with E-state index in [1.54, 1.807) is 23.5 Å². The molecule has 7 heteroatoms. The highest BCUT2D eigenvalue weighted by Gasteiger charge is 2.27. The van der Waals surface area contributed by atoms with Gasteiger partial charge in [0.2, 0.25) is 0 Å². The van der Waals surface area contributed by atoms with Gasteiger partial charge in [-0.1, -0.05) is 24.3 Å². The summed E-state index contributed by atoms with van der Waals surface area (Å²) >= 11 is 1.57. The van der Waals surface area contributed by atoms with E-state index in [1.165, 1.54) is 23.3 Å². The number of rotatable bonds is 5. The molecule has 0 N–H and O–H groups in total. The Kier molecular flexibility index (Phi) is 6.33. The van der Waals surface area contributed by atoms with Crippen molar-refractivity contribution in [2.75, 3.05) is 26.2 Å². The zero-order chi connectivity index (χ0) is 22.8. The van der Waals surface area contributed by atoms with E-state index in [4.69, 9.17) is 4.98 Å². The molecule has 1 aromatic heterocycles. The lowest BCUT2D eigenvalue weighted by molar-refractivity contribution is 0.0728. The zero-order valence-corrected chi connectivity index (χ0v) is 19.2. The number of Topliss-reactive ketones (excluding diaryl/α,β-unsaturated/α-hetero) is 1. The van der Waals surface area contributed by atoms with Crippen LogP contribution in [0.25, 0.3) is 0 Å². The molecule has 0 radical (unpaired) electrons. The number of likely N-dealkylation sites (tertiary alicyclic amines) is 1. The van der Waals surface area contributed by atoms with Crippen LogP contribution in [0.15, 0.2) is 53.9 Å². The van der Waals surface area contributed by atoms with Gasteiger partial charge >= 0.3 is 0 Å². The molecule has 3 heterocycles. The van der Waals surface area contributed by atoms with Gasteiger partial charge in [0.1, 0.15) is 11.5 Å². The van der Waals surface area contributed by atoms with Gasteiger partial charge in [0.15, 0.2) is 5.78 Å². The molecule has 5 rings (SSSR count). The first-order valence-corrected chi connectivity index (χ1v) is 12.3. The summed E-state index contributed by atoms with van der Waals surface area (Å²) in [7, 11) is 0.